The van der Waals surface area contributed by atoms with Crippen LogP contribution in [-0.2, 0) is 13.0 Å². The SMILES string of the molecule is CC(C)c1cc2cc(Cl)cc(Cc3ccc(-c4nc5ccc(CN6CCCC6)cc5[nH]4)o3)c2o1.Cl. The molecule has 0 bridgehead atoms. The van der Waals surface area contributed by atoms with Gasteiger partial charge in [0.2, 0.25) is 0 Å². The summed E-state index contributed by atoms with van der Waals surface area (Å²) in [6, 6.07) is 16.4. The number of H-pyrrole nitrogens is 1. The van der Waals surface area contributed by atoms with E-state index in [1.165, 1.54) is 31.5 Å². The molecule has 0 saturated carbocycles. The fourth-order valence-electron chi connectivity index (χ4n) is 4.88. The molecule has 0 amide bonds. The van der Waals surface area contributed by atoms with Crippen LogP contribution in [0.3, 0.4) is 0 Å². The molecule has 0 spiro atoms. The maximum Gasteiger partial charge on any atom is 0.174 e. The summed E-state index contributed by atoms with van der Waals surface area (Å²) in [4.78, 5) is 10.7. The van der Waals surface area contributed by atoms with Crippen molar-refractivity contribution in [1.82, 2.24) is 14.9 Å². The van der Waals surface area contributed by atoms with Crippen LogP contribution in [-0.4, -0.2) is 28.0 Å². The molecule has 4 heterocycles. The fraction of sp³-hybridized carbons (Fsp3) is 0.321. The Balaban J connectivity index is 0.00000253. The number of imidazole rings is 1. The second-order valence-electron chi connectivity index (χ2n) is 9.65. The van der Waals surface area contributed by atoms with Crippen molar-refractivity contribution in [2.45, 2.75) is 45.6 Å². The minimum Gasteiger partial charge on any atom is -0.461 e. The molecular formula is C28H29Cl2N3O2. The van der Waals surface area contributed by atoms with Gasteiger partial charge in [-0.05, 0) is 74.0 Å². The van der Waals surface area contributed by atoms with E-state index in [2.05, 4.69) is 48.0 Å². The predicted octanol–water partition coefficient (Wildman–Crippen LogP) is 7.95. The van der Waals surface area contributed by atoms with E-state index >= 15 is 0 Å². The molecule has 1 saturated heterocycles. The van der Waals surface area contributed by atoms with Gasteiger partial charge in [0.05, 0.1) is 11.0 Å². The van der Waals surface area contributed by atoms with Gasteiger partial charge in [-0.3, -0.25) is 4.90 Å². The number of rotatable bonds is 6. The normalized spacial score (nSPS) is 14.4. The van der Waals surface area contributed by atoms with Gasteiger partial charge in [-0.2, -0.15) is 0 Å². The third-order valence-electron chi connectivity index (χ3n) is 6.66. The lowest BCUT2D eigenvalue weighted by Gasteiger charge is -2.14. The Kier molecular flexibility index (Phi) is 6.67. The highest BCUT2D eigenvalue weighted by Gasteiger charge is 2.16. The van der Waals surface area contributed by atoms with Crippen molar-refractivity contribution in [2.24, 2.45) is 0 Å². The van der Waals surface area contributed by atoms with E-state index in [1.54, 1.807) is 0 Å². The van der Waals surface area contributed by atoms with Gasteiger partial charge >= 0.3 is 0 Å². The van der Waals surface area contributed by atoms with Crippen molar-refractivity contribution in [3.8, 4) is 11.6 Å². The fourth-order valence-corrected chi connectivity index (χ4v) is 5.13. The van der Waals surface area contributed by atoms with Crippen molar-refractivity contribution in [1.29, 1.82) is 0 Å². The van der Waals surface area contributed by atoms with Crippen LogP contribution >= 0.6 is 24.0 Å². The second-order valence-corrected chi connectivity index (χ2v) is 10.1. The molecule has 3 aromatic heterocycles. The molecule has 0 radical (unpaired) electrons. The number of nitrogens with zero attached hydrogens (tertiary/aromatic N) is 2. The summed E-state index contributed by atoms with van der Waals surface area (Å²) in [6.07, 6.45) is 3.20. The lowest BCUT2D eigenvalue weighted by Crippen LogP contribution is -2.18. The zero-order valence-electron chi connectivity index (χ0n) is 19.9. The lowest BCUT2D eigenvalue weighted by molar-refractivity contribution is 0.331. The zero-order chi connectivity index (χ0) is 23.2. The Morgan fingerprint density at radius 2 is 1.86 bits per heavy atom. The number of halogens is 2. The van der Waals surface area contributed by atoms with E-state index in [0.29, 0.717) is 17.4 Å². The molecule has 1 N–H and O–H groups in total. The Labute approximate surface area is 215 Å². The van der Waals surface area contributed by atoms with Crippen molar-refractivity contribution in [3.63, 3.8) is 0 Å². The first-order chi connectivity index (χ1) is 16.5. The summed E-state index contributed by atoms with van der Waals surface area (Å²) < 4.78 is 12.4. The Morgan fingerprint density at radius 3 is 2.66 bits per heavy atom. The van der Waals surface area contributed by atoms with Crippen LogP contribution in [0.1, 0.15) is 55.3 Å². The number of fused-ring (bicyclic) bond motifs is 2. The Bertz CT molecular complexity index is 1470. The van der Waals surface area contributed by atoms with Crippen LogP contribution < -0.4 is 0 Å². The summed E-state index contributed by atoms with van der Waals surface area (Å²) in [7, 11) is 0. The lowest BCUT2D eigenvalue weighted by atomic mass is 10.1. The van der Waals surface area contributed by atoms with Crippen LogP contribution in [0, 0.1) is 0 Å². The van der Waals surface area contributed by atoms with Gasteiger partial charge in [0.15, 0.2) is 11.6 Å². The first kappa shape index (κ1) is 24.0. The number of aromatic nitrogens is 2. The standard InChI is InChI=1S/C28H28ClN3O2.ClH/c1-17(2)26-15-20-13-21(29)12-19(27(20)34-26)14-22-6-8-25(33-22)28-30-23-7-5-18(11-24(23)31-28)16-32-9-3-4-10-32;/h5-8,11-13,15,17H,3-4,9-10,14,16H2,1-2H3,(H,30,31);1H. The van der Waals surface area contributed by atoms with Crippen molar-refractivity contribution >= 4 is 46.0 Å². The van der Waals surface area contributed by atoms with Gasteiger partial charge in [0.25, 0.3) is 0 Å². The third kappa shape index (κ3) is 4.86. The summed E-state index contributed by atoms with van der Waals surface area (Å²) >= 11 is 6.40. The largest absolute Gasteiger partial charge is 0.461 e. The highest BCUT2D eigenvalue weighted by atomic mass is 35.5. The molecule has 182 valence electrons. The van der Waals surface area contributed by atoms with Crippen LogP contribution in [0.2, 0.25) is 5.02 Å². The van der Waals surface area contributed by atoms with Crippen molar-refractivity contribution < 1.29 is 8.83 Å². The minimum absolute atomic E-state index is 0. The molecular weight excluding hydrogens is 481 g/mol. The van der Waals surface area contributed by atoms with E-state index in [4.69, 9.17) is 25.4 Å². The topological polar surface area (TPSA) is 58.2 Å². The molecule has 1 aliphatic rings. The van der Waals surface area contributed by atoms with Crippen LogP contribution in [0.25, 0.3) is 33.6 Å². The van der Waals surface area contributed by atoms with Gasteiger partial charge in [-0.25, -0.2) is 4.98 Å². The maximum absolute atomic E-state index is 6.40. The van der Waals surface area contributed by atoms with E-state index in [1.807, 2.05) is 24.3 Å². The van der Waals surface area contributed by atoms with E-state index < -0.39 is 0 Å². The summed E-state index contributed by atoms with van der Waals surface area (Å²) in [5.41, 5.74) is 5.20. The number of nitrogens with one attached hydrogen (secondary N) is 1. The maximum atomic E-state index is 6.40. The highest BCUT2D eigenvalue weighted by Crippen LogP contribution is 2.32. The number of furan rings is 2. The number of benzene rings is 2. The van der Waals surface area contributed by atoms with Gasteiger partial charge in [-0.1, -0.05) is 31.5 Å². The first-order valence-electron chi connectivity index (χ1n) is 12.0. The minimum atomic E-state index is 0. The molecule has 2 aromatic carbocycles. The first-order valence-corrected chi connectivity index (χ1v) is 12.4. The number of hydrogen-bond donors (Lipinski definition) is 1. The molecule has 0 unspecified atom stereocenters. The highest BCUT2D eigenvalue weighted by molar-refractivity contribution is 6.31. The number of aromatic amines is 1. The quantitative estimate of drug-likeness (QED) is 0.252. The second kappa shape index (κ2) is 9.73. The van der Waals surface area contributed by atoms with Gasteiger partial charge < -0.3 is 13.8 Å². The van der Waals surface area contributed by atoms with E-state index in [9.17, 15) is 0 Å². The molecule has 1 fully saturated rings. The molecule has 35 heavy (non-hydrogen) atoms. The van der Waals surface area contributed by atoms with Crippen LogP contribution in [0.5, 0.6) is 0 Å². The average Bonchev–Trinajstić information content (AvgIpc) is 3.59. The molecule has 1 aliphatic heterocycles. The van der Waals surface area contributed by atoms with Crippen LogP contribution in [0.15, 0.2) is 57.4 Å². The monoisotopic (exact) mass is 509 g/mol. The molecule has 7 heteroatoms. The summed E-state index contributed by atoms with van der Waals surface area (Å²) in [5.74, 6) is 3.60. The van der Waals surface area contributed by atoms with Crippen molar-refractivity contribution in [2.75, 3.05) is 13.1 Å². The molecule has 5 aromatic rings. The zero-order valence-corrected chi connectivity index (χ0v) is 21.5. The Hall–Kier alpha value is -2.73. The van der Waals surface area contributed by atoms with E-state index in [0.717, 1.165) is 57.2 Å². The smallest absolute Gasteiger partial charge is 0.174 e. The summed E-state index contributed by atoms with van der Waals surface area (Å²) in [5, 5.41) is 1.73. The molecule has 0 aliphatic carbocycles. The predicted molar refractivity (Wildman–Crippen MR) is 144 cm³/mol. The number of likely N-dealkylation sites (tertiary alicyclic amines) is 1. The van der Waals surface area contributed by atoms with Gasteiger partial charge in [-0.15, -0.1) is 12.4 Å². The molecule has 5 nitrogen and oxygen atoms in total. The van der Waals surface area contributed by atoms with Gasteiger partial charge in [0, 0.05) is 34.9 Å². The Morgan fingerprint density at radius 1 is 1.03 bits per heavy atom. The molecule has 0 atom stereocenters. The summed E-state index contributed by atoms with van der Waals surface area (Å²) in [6.45, 7) is 7.63. The molecule has 6 rings (SSSR count). The van der Waals surface area contributed by atoms with Crippen LogP contribution in [0.4, 0.5) is 0 Å². The van der Waals surface area contributed by atoms with Crippen molar-refractivity contribution in [3.05, 3.63) is 76.2 Å². The number of hydrogen-bond acceptors (Lipinski definition) is 4. The third-order valence-corrected chi connectivity index (χ3v) is 6.88. The van der Waals surface area contributed by atoms with Gasteiger partial charge in [0.1, 0.15) is 17.1 Å². The van der Waals surface area contributed by atoms with E-state index in [-0.39, 0.29) is 12.4 Å². The average molecular weight is 510 g/mol.